The van der Waals surface area contributed by atoms with Gasteiger partial charge in [-0.3, -0.25) is 0 Å². The van der Waals surface area contributed by atoms with Crippen LogP contribution in [0.5, 0.6) is 11.5 Å². The molecule has 0 fully saturated rings. The average Bonchev–Trinajstić information content (AvgIpc) is 2.58. The van der Waals surface area contributed by atoms with Crippen molar-refractivity contribution in [1.29, 1.82) is 0 Å². The number of carbonyl (C=O) groups excluding carboxylic acids is 1. The van der Waals surface area contributed by atoms with Crippen molar-refractivity contribution in [3.8, 4) is 11.5 Å². The zero-order valence-electron chi connectivity index (χ0n) is 14.9. The molecular weight excluding hydrogens is 384 g/mol. The number of methoxy groups -OCH3 is 2. The Labute approximate surface area is 156 Å². The molecule has 5 nitrogen and oxygen atoms in total. The second kappa shape index (κ2) is 8.76. The highest BCUT2D eigenvalue weighted by molar-refractivity contribution is 9.10. The Morgan fingerprint density at radius 2 is 1.68 bits per heavy atom. The fourth-order valence-corrected chi connectivity index (χ4v) is 3.31. The second-order valence-corrected chi connectivity index (χ2v) is 6.65. The summed E-state index contributed by atoms with van der Waals surface area (Å²) >= 11 is 3.46. The maximum absolute atomic E-state index is 12.1. The predicted molar refractivity (Wildman–Crippen MR) is 104 cm³/mol. The molecule has 0 heterocycles. The number of carbonyl (C=O) groups is 1. The first-order chi connectivity index (χ1) is 11.9. The minimum atomic E-state index is -0.214. The van der Waals surface area contributed by atoms with E-state index in [0.717, 1.165) is 26.9 Å². The number of benzene rings is 2. The number of nitrogens with one attached hydrogen (secondary N) is 2. The highest BCUT2D eigenvalue weighted by Crippen LogP contribution is 2.27. The number of aryl methyl sites for hydroxylation is 2. The molecule has 25 heavy (non-hydrogen) atoms. The van der Waals surface area contributed by atoms with Gasteiger partial charge < -0.3 is 20.1 Å². The number of urea groups is 1. The maximum Gasteiger partial charge on any atom is 0.319 e. The Morgan fingerprint density at radius 3 is 2.28 bits per heavy atom. The molecule has 2 amide bonds. The normalized spacial score (nSPS) is 10.3. The fourth-order valence-electron chi connectivity index (χ4n) is 2.62. The van der Waals surface area contributed by atoms with Crippen LogP contribution in [-0.4, -0.2) is 26.8 Å². The monoisotopic (exact) mass is 406 g/mol. The van der Waals surface area contributed by atoms with Gasteiger partial charge in [-0.25, -0.2) is 4.79 Å². The summed E-state index contributed by atoms with van der Waals surface area (Å²) in [6.07, 6.45) is 0.700. The molecule has 0 aliphatic rings. The number of amides is 2. The molecule has 0 atom stereocenters. The maximum atomic E-state index is 12.1. The van der Waals surface area contributed by atoms with Gasteiger partial charge in [-0.15, -0.1) is 0 Å². The van der Waals surface area contributed by atoms with Crippen molar-refractivity contribution in [2.75, 3.05) is 26.1 Å². The van der Waals surface area contributed by atoms with Crippen LogP contribution >= 0.6 is 15.9 Å². The van der Waals surface area contributed by atoms with Crippen molar-refractivity contribution in [3.63, 3.8) is 0 Å². The Kier molecular flexibility index (Phi) is 6.70. The average molecular weight is 407 g/mol. The van der Waals surface area contributed by atoms with Crippen molar-refractivity contribution in [1.82, 2.24) is 5.32 Å². The summed E-state index contributed by atoms with van der Waals surface area (Å²) < 4.78 is 11.5. The van der Waals surface area contributed by atoms with Gasteiger partial charge in [0.15, 0.2) is 11.5 Å². The van der Waals surface area contributed by atoms with Crippen molar-refractivity contribution >= 4 is 27.6 Å². The standard InChI is InChI=1S/C19H23BrN2O3/c1-12-9-15(20)10-13(2)18(12)22-19(23)21-8-7-14-5-6-16(24-3)17(11-14)25-4/h5-6,9-11H,7-8H2,1-4H3,(H2,21,22,23). The SMILES string of the molecule is COc1ccc(CCNC(=O)Nc2c(C)cc(Br)cc2C)cc1OC. The van der Waals surface area contributed by atoms with E-state index in [1.165, 1.54) is 0 Å². The van der Waals surface area contributed by atoms with Crippen LogP contribution in [0.15, 0.2) is 34.8 Å². The first-order valence-electron chi connectivity index (χ1n) is 7.97. The number of anilines is 1. The molecule has 134 valence electrons. The number of rotatable bonds is 6. The number of halogens is 1. The first-order valence-corrected chi connectivity index (χ1v) is 8.76. The van der Waals surface area contributed by atoms with Crippen LogP contribution in [0.2, 0.25) is 0 Å². The van der Waals surface area contributed by atoms with E-state index >= 15 is 0 Å². The Bertz CT molecular complexity index is 739. The lowest BCUT2D eigenvalue weighted by molar-refractivity contribution is 0.252. The lowest BCUT2D eigenvalue weighted by Gasteiger charge is -2.13. The Morgan fingerprint density at radius 1 is 1.04 bits per heavy atom. The highest BCUT2D eigenvalue weighted by atomic mass is 79.9. The largest absolute Gasteiger partial charge is 0.493 e. The smallest absolute Gasteiger partial charge is 0.319 e. The van der Waals surface area contributed by atoms with Crippen LogP contribution in [0.4, 0.5) is 10.5 Å². The van der Waals surface area contributed by atoms with E-state index in [1.807, 2.05) is 44.2 Å². The fraction of sp³-hybridized carbons (Fsp3) is 0.316. The number of ether oxygens (including phenoxy) is 2. The number of hydrogen-bond donors (Lipinski definition) is 2. The van der Waals surface area contributed by atoms with E-state index in [4.69, 9.17) is 9.47 Å². The highest BCUT2D eigenvalue weighted by Gasteiger charge is 2.09. The molecule has 0 saturated heterocycles. The van der Waals surface area contributed by atoms with Gasteiger partial charge in [0.2, 0.25) is 0 Å². The quantitative estimate of drug-likeness (QED) is 0.744. The third-order valence-electron chi connectivity index (χ3n) is 3.88. The Balaban J connectivity index is 1.91. The van der Waals surface area contributed by atoms with Crippen LogP contribution < -0.4 is 20.1 Å². The van der Waals surface area contributed by atoms with Crippen LogP contribution in [0, 0.1) is 13.8 Å². The van der Waals surface area contributed by atoms with E-state index in [0.29, 0.717) is 24.5 Å². The third-order valence-corrected chi connectivity index (χ3v) is 4.34. The zero-order valence-corrected chi connectivity index (χ0v) is 16.5. The molecule has 0 radical (unpaired) electrons. The van der Waals surface area contributed by atoms with Gasteiger partial charge in [-0.1, -0.05) is 22.0 Å². The van der Waals surface area contributed by atoms with Gasteiger partial charge in [0, 0.05) is 16.7 Å². The minimum absolute atomic E-state index is 0.214. The predicted octanol–water partition coefficient (Wildman–Crippen LogP) is 4.45. The molecule has 0 unspecified atom stereocenters. The molecule has 2 aromatic rings. The molecule has 6 heteroatoms. The van der Waals surface area contributed by atoms with E-state index in [1.54, 1.807) is 14.2 Å². The van der Waals surface area contributed by atoms with Crippen LogP contribution in [0.3, 0.4) is 0 Å². The van der Waals surface area contributed by atoms with E-state index in [9.17, 15) is 4.79 Å². The van der Waals surface area contributed by atoms with Crippen molar-refractivity contribution in [3.05, 3.63) is 51.5 Å². The topological polar surface area (TPSA) is 59.6 Å². The lowest BCUT2D eigenvalue weighted by Crippen LogP contribution is -2.31. The summed E-state index contributed by atoms with van der Waals surface area (Å²) in [6.45, 7) is 4.46. The summed E-state index contributed by atoms with van der Waals surface area (Å²) in [5.74, 6) is 1.38. The van der Waals surface area contributed by atoms with Crippen LogP contribution in [0.1, 0.15) is 16.7 Å². The molecule has 0 spiro atoms. The second-order valence-electron chi connectivity index (χ2n) is 5.73. The zero-order chi connectivity index (χ0) is 18.4. The molecule has 0 saturated carbocycles. The summed E-state index contributed by atoms with van der Waals surface area (Å²) in [5.41, 5.74) is 3.93. The lowest BCUT2D eigenvalue weighted by atomic mass is 10.1. The van der Waals surface area contributed by atoms with Crippen LogP contribution in [0.25, 0.3) is 0 Å². The first kappa shape index (κ1) is 19.1. The van der Waals surface area contributed by atoms with E-state index in [-0.39, 0.29) is 6.03 Å². The van der Waals surface area contributed by atoms with Gasteiger partial charge in [0.1, 0.15) is 0 Å². The molecule has 2 N–H and O–H groups in total. The van der Waals surface area contributed by atoms with Gasteiger partial charge in [0.05, 0.1) is 14.2 Å². The summed E-state index contributed by atoms with van der Waals surface area (Å²) in [6, 6.07) is 9.49. The van der Waals surface area contributed by atoms with Gasteiger partial charge in [-0.2, -0.15) is 0 Å². The third kappa shape index (κ3) is 5.13. The van der Waals surface area contributed by atoms with Gasteiger partial charge in [-0.05, 0) is 61.2 Å². The van der Waals surface area contributed by atoms with Crippen LogP contribution in [-0.2, 0) is 6.42 Å². The van der Waals surface area contributed by atoms with Crippen molar-refractivity contribution in [2.24, 2.45) is 0 Å². The summed E-state index contributed by atoms with van der Waals surface area (Å²) in [5, 5.41) is 5.80. The van der Waals surface area contributed by atoms with Gasteiger partial charge >= 0.3 is 6.03 Å². The summed E-state index contributed by atoms with van der Waals surface area (Å²) in [7, 11) is 3.21. The van der Waals surface area contributed by atoms with Crippen molar-refractivity contribution in [2.45, 2.75) is 20.3 Å². The molecule has 2 rings (SSSR count). The van der Waals surface area contributed by atoms with Gasteiger partial charge in [0.25, 0.3) is 0 Å². The minimum Gasteiger partial charge on any atom is -0.493 e. The molecule has 0 aromatic heterocycles. The number of hydrogen-bond acceptors (Lipinski definition) is 3. The van der Waals surface area contributed by atoms with E-state index < -0.39 is 0 Å². The molecule has 0 aliphatic heterocycles. The summed E-state index contributed by atoms with van der Waals surface area (Å²) in [4.78, 5) is 12.1. The van der Waals surface area contributed by atoms with E-state index in [2.05, 4.69) is 26.6 Å². The molecule has 0 aliphatic carbocycles. The molecule has 0 bridgehead atoms. The Hall–Kier alpha value is -2.21. The molecular formula is C19H23BrN2O3. The molecule has 2 aromatic carbocycles. The van der Waals surface area contributed by atoms with Crippen molar-refractivity contribution < 1.29 is 14.3 Å².